The number of azide groups is 1. The van der Waals surface area contributed by atoms with Crippen LogP contribution in [0.4, 0.5) is 5.13 Å². The van der Waals surface area contributed by atoms with Crippen molar-refractivity contribution in [1.82, 2.24) is 10.2 Å². The highest BCUT2D eigenvalue weighted by atomic mass is 32.1. The molecular weight excluding hydrogens is 138 g/mol. The Labute approximate surface area is 55.0 Å². The van der Waals surface area contributed by atoms with E-state index in [9.17, 15) is 0 Å². The van der Waals surface area contributed by atoms with Gasteiger partial charge in [-0.15, -0.1) is 10.2 Å². The summed E-state index contributed by atoms with van der Waals surface area (Å²) < 4.78 is 0. The first-order valence-corrected chi connectivity index (χ1v) is 3.00. The molecule has 0 aliphatic heterocycles. The van der Waals surface area contributed by atoms with Crippen LogP contribution < -0.4 is 0 Å². The minimum absolute atomic E-state index is 0.370. The van der Waals surface area contributed by atoms with Crippen LogP contribution in [-0.4, -0.2) is 10.2 Å². The fourth-order valence-electron chi connectivity index (χ4n) is 0.365. The summed E-state index contributed by atoms with van der Waals surface area (Å²) in [6, 6.07) is 0. The van der Waals surface area contributed by atoms with Gasteiger partial charge in [0.05, 0.1) is 0 Å². The van der Waals surface area contributed by atoms with Crippen molar-refractivity contribution < 1.29 is 0 Å². The summed E-state index contributed by atoms with van der Waals surface area (Å²) in [5.41, 5.74) is 7.93. The predicted octanol–water partition coefficient (Wildman–Crippen LogP) is 1.79. The molecule has 0 amide bonds. The van der Waals surface area contributed by atoms with E-state index in [1.54, 1.807) is 6.92 Å². The van der Waals surface area contributed by atoms with Gasteiger partial charge >= 0.3 is 0 Å². The van der Waals surface area contributed by atoms with Gasteiger partial charge in [0.2, 0.25) is 5.13 Å². The van der Waals surface area contributed by atoms with Gasteiger partial charge in [-0.2, -0.15) is 0 Å². The molecule has 0 saturated carbocycles. The lowest BCUT2D eigenvalue weighted by atomic mass is 10.9. The number of hydrogen-bond acceptors (Lipinski definition) is 4. The van der Waals surface area contributed by atoms with Gasteiger partial charge in [-0.3, -0.25) is 0 Å². The molecule has 0 saturated heterocycles. The second-order valence-corrected chi connectivity index (χ2v) is 2.45. The molecule has 0 aromatic carbocycles. The molecule has 0 radical (unpaired) electrons. The van der Waals surface area contributed by atoms with E-state index in [1.165, 1.54) is 11.3 Å². The molecule has 0 fully saturated rings. The maximum atomic E-state index is 7.93. The average molecular weight is 141 g/mol. The molecule has 5 nitrogen and oxygen atoms in total. The molecule has 0 spiro atoms. The highest BCUT2D eigenvalue weighted by molar-refractivity contribution is 7.14. The molecule has 6 heteroatoms. The van der Waals surface area contributed by atoms with E-state index in [0.717, 1.165) is 5.01 Å². The van der Waals surface area contributed by atoms with E-state index in [-0.39, 0.29) is 0 Å². The molecule has 0 bridgehead atoms. The van der Waals surface area contributed by atoms with E-state index in [1.807, 2.05) is 0 Å². The lowest BCUT2D eigenvalue weighted by Gasteiger charge is -1.67. The zero-order chi connectivity index (χ0) is 6.69. The third-order valence-corrected chi connectivity index (χ3v) is 1.37. The van der Waals surface area contributed by atoms with Crippen LogP contribution >= 0.6 is 11.3 Å². The zero-order valence-electron chi connectivity index (χ0n) is 4.64. The normalized spacial score (nSPS) is 8.56. The summed E-state index contributed by atoms with van der Waals surface area (Å²) >= 11 is 1.27. The third kappa shape index (κ3) is 1.38. The van der Waals surface area contributed by atoms with Gasteiger partial charge in [0.25, 0.3) is 0 Å². The Bertz CT molecular complexity index is 246. The fourth-order valence-corrected chi connectivity index (χ4v) is 0.870. The number of rotatable bonds is 1. The molecule has 1 heterocycles. The molecular formula is C3H3N5S. The Morgan fingerprint density at radius 1 is 1.67 bits per heavy atom. The molecule has 1 rings (SSSR count). The third-order valence-electron chi connectivity index (χ3n) is 0.646. The standard InChI is InChI=1S/C3H3N5S/c1-2-5-6-3(9-2)7-8-4/h1H3. The first-order valence-electron chi connectivity index (χ1n) is 2.18. The Morgan fingerprint density at radius 2 is 2.44 bits per heavy atom. The van der Waals surface area contributed by atoms with Crippen molar-refractivity contribution in [3.8, 4) is 0 Å². The van der Waals surface area contributed by atoms with Gasteiger partial charge in [-0.05, 0) is 17.6 Å². The first-order chi connectivity index (χ1) is 4.33. The zero-order valence-corrected chi connectivity index (χ0v) is 5.46. The largest absolute Gasteiger partial charge is 0.204 e. The lowest BCUT2D eigenvalue weighted by Crippen LogP contribution is -1.65. The fraction of sp³-hybridized carbons (Fsp3) is 0.333. The predicted molar refractivity (Wildman–Crippen MR) is 33.5 cm³/mol. The SMILES string of the molecule is Cc1nnc(N=[N+]=[N-])s1. The molecule has 46 valence electrons. The summed E-state index contributed by atoms with van der Waals surface area (Å²) in [6.45, 7) is 1.80. The molecule has 9 heavy (non-hydrogen) atoms. The molecule has 0 N–H and O–H groups in total. The van der Waals surface area contributed by atoms with Crippen LogP contribution in [-0.2, 0) is 0 Å². The summed E-state index contributed by atoms with van der Waals surface area (Å²) in [6.07, 6.45) is 0. The van der Waals surface area contributed by atoms with E-state index >= 15 is 0 Å². The van der Waals surface area contributed by atoms with Gasteiger partial charge in [-0.25, -0.2) is 0 Å². The molecule has 1 aromatic heterocycles. The van der Waals surface area contributed by atoms with Crippen LogP contribution in [0.2, 0.25) is 0 Å². The summed E-state index contributed by atoms with van der Waals surface area (Å²) in [5, 5.41) is 11.6. The van der Waals surface area contributed by atoms with Crippen LogP contribution in [0.15, 0.2) is 5.11 Å². The highest BCUT2D eigenvalue weighted by Crippen LogP contribution is 2.16. The van der Waals surface area contributed by atoms with Gasteiger partial charge in [0, 0.05) is 4.91 Å². The molecule has 1 aromatic rings. The van der Waals surface area contributed by atoms with Crippen LogP contribution in [0, 0.1) is 6.92 Å². The van der Waals surface area contributed by atoms with Crippen molar-refractivity contribution in [2.45, 2.75) is 6.92 Å². The second-order valence-electron chi connectivity index (χ2n) is 1.29. The Morgan fingerprint density at radius 3 is 2.89 bits per heavy atom. The average Bonchev–Trinajstić information content (AvgIpc) is 2.17. The van der Waals surface area contributed by atoms with E-state index in [0.29, 0.717) is 5.13 Å². The van der Waals surface area contributed by atoms with Crippen molar-refractivity contribution in [2.24, 2.45) is 5.11 Å². The van der Waals surface area contributed by atoms with E-state index in [2.05, 4.69) is 20.2 Å². The maximum absolute atomic E-state index is 7.93. The van der Waals surface area contributed by atoms with Crippen molar-refractivity contribution in [2.75, 3.05) is 0 Å². The van der Waals surface area contributed by atoms with Crippen LogP contribution in [0.25, 0.3) is 10.4 Å². The van der Waals surface area contributed by atoms with Crippen molar-refractivity contribution in [3.05, 3.63) is 15.5 Å². The van der Waals surface area contributed by atoms with E-state index < -0.39 is 0 Å². The lowest BCUT2D eigenvalue weighted by molar-refractivity contribution is 1.04. The van der Waals surface area contributed by atoms with E-state index in [4.69, 9.17) is 5.53 Å². The summed E-state index contributed by atoms with van der Waals surface area (Å²) in [5.74, 6) is 0. The Balaban J connectivity index is 2.97. The van der Waals surface area contributed by atoms with Gasteiger partial charge in [-0.1, -0.05) is 11.3 Å². The van der Waals surface area contributed by atoms with Crippen LogP contribution in [0.5, 0.6) is 0 Å². The minimum atomic E-state index is 0.370. The molecule has 0 aliphatic carbocycles. The number of aryl methyl sites for hydroxylation is 1. The van der Waals surface area contributed by atoms with Crippen LogP contribution in [0.3, 0.4) is 0 Å². The quantitative estimate of drug-likeness (QED) is 0.339. The molecule has 0 aliphatic rings. The highest BCUT2D eigenvalue weighted by Gasteiger charge is 1.93. The topological polar surface area (TPSA) is 74.5 Å². The first kappa shape index (κ1) is 6.00. The molecule has 0 atom stereocenters. The Kier molecular flexibility index (Phi) is 1.62. The minimum Gasteiger partial charge on any atom is -0.144 e. The van der Waals surface area contributed by atoms with Gasteiger partial charge in [0.1, 0.15) is 5.01 Å². The summed E-state index contributed by atoms with van der Waals surface area (Å²) in [4.78, 5) is 2.55. The number of hydrogen-bond donors (Lipinski definition) is 0. The maximum Gasteiger partial charge on any atom is 0.204 e. The number of aromatic nitrogens is 2. The second kappa shape index (κ2) is 2.43. The number of nitrogens with zero attached hydrogens (tertiary/aromatic N) is 5. The van der Waals surface area contributed by atoms with Crippen molar-refractivity contribution >= 4 is 16.5 Å². The van der Waals surface area contributed by atoms with Gasteiger partial charge in [0.15, 0.2) is 0 Å². The summed E-state index contributed by atoms with van der Waals surface area (Å²) in [7, 11) is 0. The van der Waals surface area contributed by atoms with Crippen LogP contribution in [0.1, 0.15) is 5.01 Å². The van der Waals surface area contributed by atoms with Crippen molar-refractivity contribution in [3.63, 3.8) is 0 Å². The van der Waals surface area contributed by atoms with Gasteiger partial charge < -0.3 is 0 Å². The molecule has 0 unspecified atom stereocenters. The van der Waals surface area contributed by atoms with Crippen molar-refractivity contribution in [1.29, 1.82) is 0 Å². The smallest absolute Gasteiger partial charge is 0.144 e. The monoisotopic (exact) mass is 141 g/mol. The Hall–Kier alpha value is -1.13.